The summed E-state index contributed by atoms with van der Waals surface area (Å²) < 4.78 is 15.7. The normalized spacial score (nSPS) is 11.3. The maximum absolute atomic E-state index is 5.40. The van der Waals surface area contributed by atoms with Crippen LogP contribution in [0.3, 0.4) is 0 Å². The molecule has 2 N–H and O–H groups in total. The second kappa shape index (κ2) is 8.40. The van der Waals surface area contributed by atoms with Crippen LogP contribution in [0.2, 0.25) is 0 Å². The zero-order valence-electron chi connectivity index (χ0n) is 14.3. The lowest BCUT2D eigenvalue weighted by molar-refractivity contribution is 0.395. The molecule has 2 aromatic carbocycles. The van der Waals surface area contributed by atoms with Crippen LogP contribution in [-0.4, -0.2) is 26.4 Å². The highest BCUT2D eigenvalue weighted by Gasteiger charge is 2.10. The first kappa shape index (κ1) is 17.9. The number of thiocarbonyl (C=S) groups is 1. The summed E-state index contributed by atoms with van der Waals surface area (Å²) in [7, 11) is 4.87. The Morgan fingerprint density at radius 1 is 0.917 bits per heavy atom. The minimum atomic E-state index is 0.0557. The predicted molar refractivity (Wildman–Crippen MR) is 100 cm³/mol. The molecule has 0 saturated heterocycles. The number of anilines is 1. The molecule has 5 nitrogen and oxygen atoms in total. The number of rotatable bonds is 6. The van der Waals surface area contributed by atoms with Gasteiger partial charge in [-0.15, -0.1) is 0 Å². The van der Waals surface area contributed by atoms with Crippen LogP contribution in [-0.2, 0) is 0 Å². The third kappa shape index (κ3) is 4.52. The summed E-state index contributed by atoms with van der Waals surface area (Å²) >= 11 is 5.40. The summed E-state index contributed by atoms with van der Waals surface area (Å²) in [6, 6.07) is 13.4. The molecule has 2 aromatic rings. The molecule has 6 heteroatoms. The fraction of sp³-hybridized carbons (Fsp3) is 0.278. The highest BCUT2D eigenvalue weighted by molar-refractivity contribution is 7.80. The van der Waals surface area contributed by atoms with Crippen LogP contribution in [0.25, 0.3) is 0 Å². The van der Waals surface area contributed by atoms with Crippen LogP contribution < -0.4 is 24.8 Å². The van der Waals surface area contributed by atoms with Crippen molar-refractivity contribution >= 4 is 23.0 Å². The van der Waals surface area contributed by atoms with Crippen LogP contribution in [0.15, 0.2) is 42.5 Å². The zero-order chi connectivity index (χ0) is 17.5. The molecule has 0 bridgehead atoms. The van der Waals surface area contributed by atoms with E-state index >= 15 is 0 Å². The minimum Gasteiger partial charge on any atom is -0.497 e. The van der Waals surface area contributed by atoms with E-state index < -0.39 is 0 Å². The van der Waals surface area contributed by atoms with Gasteiger partial charge in [-0.1, -0.05) is 12.1 Å². The molecule has 0 aromatic heterocycles. The van der Waals surface area contributed by atoms with Gasteiger partial charge in [-0.3, -0.25) is 0 Å². The molecule has 0 aliphatic carbocycles. The average Bonchev–Trinajstić information content (AvgIpc) is 2.61. The summed E-state index contributed by atoms with van der Waals surface area (Å²) in [6.45, 7) is 2.04. The van der Waals surface area contributed by atoms with Gasteiger partial charge in [-0.05, 0) is 49.0 Å². The third-order valence-corrected chi connectivity index (χ3v) is 3.84. The van der Waals surface area contributed by atoms with Crippen LogP contribution in [0.5, 0.6) is 17.2 Å². The van der Waals surface area contributed by atoms with Crippen molar-refractivity contribution in [3.05, 3.63) is 48.0 Å². The lowest BCUT2D eigenvalue weighted by Crippen LogP contribution is -2.31. The van der Waals surface area contributed by atoms with E-state index in [1.54, 1.807) is 27.4 Å². The van der Waals surface area contributed by atoms with E-state index in [4.69, 9.17) is 26.4 Å². The molecule has 0 spiro atoms. The average molecular weight is 346 g/mol. The molecule has 0 heterocycles. The number of hydrogen-bond acceptors (Lipinski definition) is 4. The first-order chi connectivity index (χ1) is 11.6. The lowest BCUT2D eigenvalue weighted by Gasteiger charge is -2.19. The second-order valence-corrected chi connectivity index (χ2v) is 5.57. The van der Waals surface area contributed by atoms with Crippen molar-refractivity contribution in [2.45, 2.75) is 13.0 Å². The van der Waals surface area contributed by atoms with Gasteiger partial charge in [0.25, 0.3) is 0 Å². The van der Waals surface area contributed by atoms with Crippen molar-refractivity contribution in [2.75, 3.05) is 26.6 Å². The first-order valence-electron chi connectivity index (χ1n) is 7.51. The number of benzene rings is 2. The van der Waals surface area contributed by atoms with Gasteiger partial charge in [-0.2, -0.15) is 0 Å². The Kier molecular flexibility index (Phi) is 6.26. The Balaban J connectivity index is 2.01. The van der Waals surface area contributed by atoms with Crippen molar-refractivity contribution in [1.82, 2.24) is 5.32 Å². The van der Waals surface area contributed by atoms with Crippen molar-refractivity contribution in [1.29, 1.82) is 0 Å². The summed E-state index contributed by atoms with van der Waals surface area (Å²) in [5, 5.41) is 6.92. The quantitative estimate of drug-likeness (QED) is 0.777. The summed E-state index contributed by atoms with van der Waals surface area (Å²) in [5.74, 6) is 2.22. The van der Waals surface area contributed by atoms with Gasteiger partial charge in [0.1, 0.15) is 17.2 Å². The van der Waals surface area contributed by atoms with E-state index in [0.29, 0.717) is 10.9 Å². The molecule has 2 rings (SSSR count). The Labute approximate surface area is 147 Å². The molecule has 128 valence electrons. The van der Waals surface area contributed by atoms with Crippen molar-refractivity contribution in [3.8, 4) is 17.2 Å². The predicted octanol–water partition coefficient (Wildman–Crippen LogP) is 3.76. The monoisotopic (exact) mass is 346 g/mol. The van der Waals surface area contributed by atoms with Crippen molar-refractivity contribution < 1.29 is 14.2 Å². The summed E-state index contributed by atoms with van der Waals surface area (Å²) in [4.78, 5) is 0. The highest BCUT2D eigenvalue weighted by atomic mass is 32.1. The zero-order valence-corrected chi connectivity index (χ0v) is 15.1. The van der Waals surface area contributed by atoms with Gasteiger partial charge >= 0.3 is 0 Å². The molecular weight excluding hydrogens is 324 g/mol. The maximum Gasteiger partial charge on any atom is 0.171 e. The molecular formula is C18H22N2O3S. The SMILES string of the molecule is COc1ccc([C@@H](C)NC(=S)Nc2ccc(OC)cc2OC)cc1. The molecule has 0 fully saturated rings. The van der Waals surface area contributed by atoms with Gasteiger partial charge in [0.2, 0.25) is 0 Å². The Morgan fingerprint density at radius 3 is 2.12 bits per heavy atom. The van der Waals surface area contributed by atoms with E-state index in [9.17, 15) is 0 Å². The molecule has 1 atom stereocenters. The van der Waals surface area contributed by atoms with Crippen molar-refractivity contribution in [3.63, 3.8) is 0 Å². The molecule has 0 unspecified atom stereocenters. The van der Waals surface area contributed by atoms with E-state index in [-0.39, 0.29) is 6.04 Å². The topological polar surface area (TPSA) is 51.8 Å². The van der Waals surface area contributed by atoms with E-state index in [1.807, 2.05) is 43.3 Å². The molecule has 0 aliphatic rings. The molecule has 0 radical (unpaired) electrons. The van der Waals surface area contributed by atoms with Gasteiger partial charge in [0.15, 0.2) is 5.11 Å². The molecule has 0 saturated carbocycles. The van der Waals surface area contributed by atoms with Crippen LogP contribution >= 0.6 is 12.2 Å². The standard InChI is InChI=1S/C18H22N2O3S/c1-12(13-5-7-14(21-2)8-6-13)19-18(24)20-16-10-9-15(22-3)11-17(16)23-4/h5-12H,1-4H3,(H2,19,20,24)/t12-/m1/s1. The summed E-state index contributed by atoms with van der Waals surface area (Å²) in [5.41, 5.74) is 1.89. The Hall–Kier alpha value is -2.47. The molecule has 0 amide bonds. The van der Waals surface area contributed by atoms with Crippen molar-refractivity contribution in [2.24, 2.45) is 0 Å². The minimum absolute atomic E-state index is 0.0557. The van der Waals surface area contributed by atoms with E-state index in [0.717, 1.165) is 22.7 Å². The van der Waals surface area contributed by atoms with Crippen LogP contribution in [0.1, 0.15) is 18.5 Å². The smallest absolute Gasteiger partial charge is 0.171 e. The van der Waals surface area contributed by atoms with Gasteiger partial charge in [0, 0.05) is 6.07 Å². The lowest BCUT2D eigenvalue weighted by atomic mass is 10.1. The van der Waals surface area contributed by atoms with E-state index in [1.165, 1.54) is 0 Å². The maximum atomic E-state index is 5.40. The van der Waals surface area contributed by atoms with Gasteiger partial charge in [-0.25, -0.2) is 0 Å². The Morgan fingerprint density at radius 2 is 1.54 bits per heavy atom. The molecule has 0 aliphatic heterocycles. The largest absolute Gasteiger partial charge is 0.497 e. The fourth-order valence-electron chi connectivity index (χ4n) is 2.23. The number of methoxy groups -OCH3 is 3. The summed E-state index contributed by atoms with van der Waals surface area (Å²) in [6.07, 6.45) is 0. The number of ether oxygens (including phenoxy) is 3. The fourth-order valence-corrected chi connectivity index (χ4v) is 2.52. The molecule has 24 heavy (non-hydrogen) atoms. The van der Waals surface area contributed by atoms with Gasteiger partial charge in [0.05, 0.1) is 33.1 Å². The Bertz CT molecular complexity index is 689. The van der Waals surface area contributed by atoms with Crippen LogP contribution in [0.4, 0.5) is 5.69 Å². The third-order valence-electron chi connectivity index (χ3n) is 3.62. The number of hydrogen-bond donors (Lipinski definition) is 2. The number of nitrogens with one attached hydrogen (secondary N) is 2. The first-order valence-corrected chi connectivity index (χ1v) is 7.91. The second-order valence-electron chi connectivity index (χ2n) is 5.16. The van der Waals surface area contributed by atoms with Crippen LogP contribution in [0, 0.1) is 0 Å². The van der Waals surface area contributed by atoms with Gasteiger partial charge < -0.3 is 24.8 Å². The highest BCUT2D eigenvalue weighted by Crippen LogP contribution is 2.29. The van der Waals surface area contributed by atoms with E-state index in [2.05, 4.69) is 10.6 Å².